The highest BCUT2D eigenvalue weighted by Crippen LogP contribution is 2.24. The molecular formula is C15H9IO3. The fourth-order valence-corrected chi connectivity index (χ4v) is 2.40. The maximum absolute atomic E-state index is 12.3. The number of halogens is 1. The fraction of sp³-hybridized carbons (Fsp3) is 0. The Bertz CT molecular complexity index is 741. The van der Waals surface area contributed by atoms with Crippen LogP contribution in [0.1, 0.15) is 16.1 Å². The van der Waals surface area contributed by atoms with Gasteiger partial charge in [0.1, 0.15) is 11.3 Å². The molecule has 0 aliphatic carbocycles. The number of rotatable bonds is 2. The molecule has 0 fully saturated rings. The molecule has 3 nitrogen and oxygen atoms in total. The molecule has 0 aliphatic rings. The van der Waals surface area contributed by atoms with Crippen LogP contribution in [0.2, 0.25) is 0 Å². The monoisotopic (exact) mass is 364 g/mol. The van der Waals surface area contributed by atoms with Crippen LogP contribution in [0.25, 0.3) is 11.0 Å². The molecule has 0 amide bonds. The molecule has 2 aromatic carbocycles. The standard InChI is InChI=1S/C15H9IO3/c16-11-7-10(5-6-12(11)17)15(18)14-8-9-3-1-2-4-13(9)19-14/h1-8,17H. The van der Waals surface area contributed by atoms with Crippen molar-refractivity contribution in [2.24, 2.45) is 0 Å². The van der Waals surface area contributed by atoms with Gasteiger partial charge in [0.2, 0.25) is 5.78 Å². The molecule has 0 saturated carbocycles. The molecule has 1 N–H and O–H groups in total. The Hall–Kier alpha value is -1.82. The van der Waals surface area contributed by atoms with Crippen LogP contribution in [0.5, 0.6) is 5.75 Å². The molecule has 4 heteroatoms. The number of hydrogen-bond acceptors (Lipinski definition) is 3. The van der Waals surface area contributed by atoms with Crippen molar-refractivity contribution in [1.82, 2.24) is 0 Å². The summed E-state index contributed by atoms with van der Waals surface area (Å²) in [5.41, 5.74) is 1.19. The number of carbonyl (C=O) groups excluding carboxylic acids is 1. The molecule has 0 unspecified atom stereocenters. The number of phenols is 1. The molecule has 3 rings (SSSR count). The average Bonchev–Trinajstić information content (AvgIpc) is 2.85. The minimum absolute atomic E-state index is 0.168. The second kappa shape index (κ2) is 4.70. The molecule has 3 aromatic rings. The first-order chi connectivity index (χ1) is 9.15. The highest BCUT2D eigenvalue weighted by Gasteiger charge is 2.15. The molecule has 1 heterocycles. The minimum atomic E-state index is -0.186. The van der Waals surface area contributed by atoms with Crippen molar-refractivity contribution in [2.75, 3.05) is 0 Å². The number of para-hydroxylation sites is 1. The van der Waals surface area contributed by atoms with Gasteiger partial charge in [-0.1, -0.05) is 18.2 Å². The third-order valence-electron chi connectivity index (χ3n) is 2.86. The second-order valence-electron chi connectivity index (χ2n) is 4.14. The molecule has 0 atom stereocenters. The number of benzene rings is 2. The number of hydrogen-bond donors (Lipinski definition) is 1. The third kappa shape index (κ3) is 2.23. The molecular weight excluding hydrogens is 355 g/mol. The summed E-state index contributed by atoms with van der Waals surface area (Å²) in [6, 6.07) is 14.0. The lowest BCUT2D eigenvalue weighted by Crippen LogP contribution is -1.99. The molecule has 19 heavy (non-hydrogen) atoms. The highest BCUT2D eigenvalue weighted by molar-refractivity contribution is 14.1. The van der Waals surface area contributed by atoms with Gasteiger partial charge in [0.05, 0.1) is 3.57 Å². The molecule has 0 radical (unpaired) electrons. The van der Waals surface area contributed by atoms with Gasteiger partial charge < -0.3 is 9.52 Å². The summed E-state index contributed by atoms with van der Waals surface area (Å²) >= 11 is 1.98. The summed E-state index contributed by atoms with van der Waals surface area (Å²) in [5, 5.41) is 10.4. The molecule has 94 valence electrons. The van der Waals surface area contributed by atoms with E-state index in [1.165, 1.54) is 6.07 Å². The smallest absolute Gasteiger partial charge is 0.228 e. The van der Waals surface area contributed by atoms with Crippen LogP contribution in [-0.4, -0.2) is 10.9 Å². The number of aromatic hydroxyl groups is 1. The van der Waals surface area contributed by atoms with Crippen LogP contribution in [0, 0.1) is 3.57 Å². The Morgan fingerprint density at radius 3 is 2.63 bits per heavy atom. The van der Waals surface area contributed by atoms with E-state index in [9.17, 15) is 9.90 Å². The van der Waals surface area contributed by atoms with Gasteiger partial charge >= 0.3 is 0 Å². The van der Waals surface area contributed by atoms with E-state index >= 15 is 0 Å². The maximum atomic E-state index is 12.3. The lowest BCUT2D eigenvalue weighted by Gasteiger charge is -2.00. The normalized spacial score (nSPS) is 10.8. The average molecular weight is 364 g/mol. The van der Waals surface area contributed by atoms with Gasteiger partial charge in [-0.3, -0.25) is 4.79 Å². The van der Waals surface area contributed by atoms with Crippen LogP contribution < -0.4 is 0 Å². The van der Waals surface area contributed by atoms with Gasteiger partial charge in [-0.15, -0.1) is 0 Å². The Morgan fingerprint density at radius 2 is 1.89 bits per heavy atom. The zero-order valence-corrected chi connectivity index (χ0v) is 11.9. The third-order valence-corrected chi connectivity index (χ3v) is 3.72. The summed E-state index contributed by atoms with van der Waals surface area (Å²) < 4.78 is 6.18. The molecule has 0 bridgehead atoms. The van der Waals surface area contributed by atoms with Gasteiger partial charge in [-0.2, -0.15) is 0 Å². The molecule has 0 aliphatic heterocycles. The summed E-state index contributed by atoms with van der Waals surface area (Å²) in [7, 11) is 0. The van der Waals surface area contributed by atoms with E-state index < -0.39 is 0 Å². The number of furan rings is 1. The van der Waals surface area contributed by atoms with E-state index in [4.69, 9.17) is 4.42 Å². The van der Waals surface area contributed by atoms with E-state index in [2.05, 4.69) is 0 Å². The number of ketones is 1. The van der Waals surface area contributed by atoms with Crippen molar-refractivity contribution < 1.29 is 14.3 Å². The van der Waals surface area contributed by atoms with Crippen molar-refractivity contribution in [3.8, 4) is 5.75 Å². The summed E-state index contributed by atoms with van der Waals surface area (Å²) in [6.07, 6.45) is 0. The quantitative estimate of drug-likeness (QED) is 0.553. The van der Waals surface area contributed by atoms with Gasteiger partial charge in [-0.25, -0.2) is 0 Å². The van der Waals surface area contributed by atoms with Crippen LogP contribution in [0.3, 0.4) is 0 Å². The Balaban J connectivity index is 2.05. The first-order valence-corrected chi connectivity index (χ1v) is 6.75. The van der Waals surface area contributed by atoms with E-state index in [1.807, 2.05) is 46.9 Å². The molecule has 0 saturated heterocycles. The SMILES string of the molecule is O=C(c1ccc(O)c(I)c1)c1cc2ccccc2o1. The van der Waals surface area contributed by atoms with Crippen molar-refractivity contribution in [3.63, 3.8) is 0 Å². The second-order valence-corrected chi connectivity index (χ2v) is 5.31. The van der Waals surface area contributed by atoms with E-state index in [0.29, 0.717) is 20.5 Å². The largest absolute Gasteiger partial charge is 0.507 e. The number of carbonyl (C=O) groups is 1. The lowest BCUT2D eigenvalue weighted by molar-refractivity contribution is 0.101. The van der Waals surface area contributed by atoms with Gasteiger partial charge in [0, 0.05) is 10.9 Å². The van der Waals surface area contributed by atoms with Crippen molar-refractivity contribution in [3.05, 3.63) is 63.4 Å². The topological polar surface area (TPSA) is 50.4 Å². The maximum Gasteiger partial charge on any atom is 0.228 e. The van der Waals surface area contributed by atoms with E-state index in [-0.39, 0.29) is 11.5 Å². The van der Waals surface area contributed by atoms with Gasteiger partial charge in [0.25, 0.3) is 0 Å². The van der Waals surface area contributed by atoms with Crippen molar-refractivity contribution in [1.29, 1.82) is 0 Å². The predicted molar refractivity (Wildman–Crippen MR) is 80.5 cm³/mol. The highest BCUT2D eigenvalue weighted by atomic mass is 127. The van der Waals surface area contributed by atoms with Crippen LogP contribution >= 0.6 is 22.6 Å². The van der Waals surface area contributed by atoms with Crippen LogP contribution in [0.4, 0.5) is 0 Å². The summed E-state index contributed by atoms with van der Waals surface area (Å²) in [4.78, 5) is 12.3. The first kappa shape index (κ1) is 12.2. The van der Waals surface area contributed by atoms with Gasteiger partial charge in [-0.05, 0) is 52.9 Å². The molecule has 1 aromatic heterocycles. The summed E-state index contributed by atoms with van der Waals surface area (Å²) in [6.45, 7) is 0. The predicted octanol–water partition coefficient (Wildman–Crippen LogP) is 3.97. The number of fused-ring (bicyclic) bond motifs is 1. The van der Waals surface area contributed by atoms with E-state index in [0.717, 1.165) is 5.39 Å². The van der Waals surface area contributed by atoms with Gasteiger partial charge in [0.15, 0.2) is 5.76 Å². The van der Waals surface area contributed by atoms with Crippen LogP contribution in [-0.2, 0) is 0 Å². The fourth-order valence-electron chi connectivity index (χ4n) is 1.88. The number of phenolic OH excluding ortho intramolecular Hbond substituents is 1. The zero-order valence-electron chi connectivity index (χ0n) is 9.76. The van der Waals surface area contributed by atoms with Crippen molar-refractivity contribution in [2.45, 2.75) is 0 Å². The summed E-state index contributed by atoms with van der Waals surface area (Å²) in [5.74, 6) is 0.290. The Kier molecular flexibility index (Phi) is 3.02. The Morgan fingerprint density at radius 1 is 1.11 bits per heavy atom. The minimum Gasteiger partial charge on any atom is -0.507 e. The zero-order chi connectivity index (χ0) is 13.4. The van der Waals surface area contributed by atoms with Crippen LogP contribution in [0.15, 0.2) is 52.9 Å². The lowest BCUT2D eigenvalue weighted by atomic mass is 10.1. The molecule has 0 spiro atoms. The van der Waals surface area contributed by atoms with Crippen molar-refractivity contribution >= 4 is 39.3 Å². The first-order valence-electron chi connectivity index (χ1n) is 5.67. The van der Waals surface area contributed by atoms with E-state index in [1.54, 1.807) is 18.2 Å². The Labute approximate surface area is 123 Å².